The Kier molecular flexibility index (Phi) is 5.46. The van der Waals surface area contributed by atoms with Gasteiger partial charge in [0, 0.05) is 6.20 Å². The molecule has 2 rings (SSSR count). The van der Waals surface area contributed by atoms with Crippen LogP contribution in [0.3, 0.4) is 0 Å². The van der Waals surface area contributed by atoms with E-state index >= 15 is 0 Å². The molecule has 0 saturated heterocycles. The highest BCUT2D eigenvalue weighted by molar-refractivity contribution is 5.79. The van der Waals surface area contributed by atoms with Gasteiger partial charge in [-0.1, -0.05) is 47.6 Å². The lowest BCUT2D eigenvalue weighted by atomic mass is 9.97. The minimum Gasteiger partial charge on any atom is -0.252 e. The van der Waals surface area contributed by atoms with Gasteiger partial charge in [-0.25, -0.2) is 4.98 Å². The fourth-order valence-corrected chi connectivity index (χ4v) is 2.16. The Morgan fingerprint density at radius 3 is 2.11 bits per heavy atom. The van der Waals surface area contributed by atoms with Crippen LogP contribution in [0.25, 0.3) is 11.0 Å². The summed E-state index contributed by atoms with van der Waals surface area (Å²) in [7, 11) is 0. The molecule has 1 heterocycles. The molecule has 0 atom stereocenters. The summed E-state index contributed by atoms with van der Waals surface area (Å²) in [4.78, 5) is 9.26. The second-order valence-corrected chi connectivity index (χ2v) is 5.25. The monoisotopic (exact) mass is 258 g/mol. The maximum Gasteiger partial charge on any atom is 0.0918 e. The smallest absolute Gasteiger partial charge is 0.0918 e. The second-order valence-electron chi connectivity index (χ2n) is 5.25. The van der Waals surface area contributed by atoms with Crippen molar-refractivity contribution in [3.05, 3.63) is 35.2 Å². The minimum atomic E-state index is 0.428. The van der Waals surface area contributed by atoms with Gasteiger partial charge in [0.15, 0.2) is 0 Å². The van der Waals surface area contributed by atoms with Crippen LogP contribution in [-0.2, 0) is 0 Å². The Hall–Kier alpha value is -1.44. The van der Waals surface area contributed by atoms with E-state index in [4.69, 9.17) is 0 Å². The largest absolute Gasteiger partial charge is 0.252 e. The van der Waals surface area contributed by atoms with Gasteiger partial charge in [0.05, 0.1) is 16.7 Å². The van der Waals surface area contributed by atoms with Gasteiger partial charge >= 0.3 is 0 Å². The fourth-order valence-electron chi connectivity index (χ4n) is 2.16. The molecule has 0 unspecified atom stereocenters. The van der Waals surface area contributed by atoms with E-state index in [9.17, 15) is 0 Å². The highest BCUT2D eigenvalue weighted by Crippen LogP contribution is 2.25. The van der Waals surface area contributed by atoms with E-state index in [1.165, 1.54) is 11.1 Å². The molecule has 0 radical (unpaired) electrons. The van der Waals surface area contributed by atoms with Crippen molar-refractivity contribution in [2.24, 2.45) is 0 Å². The molecule has 104 valence electrons. The number of hydrogen-bond acceptors (Lipinski definition) is 2. The Morgan fingerprint density at radius 1 is 0.947 bits per heavy atom. The van der Waals surface area contributed by atoms with Gasteiger partial charge in [0.1, 0.15) is 0 Å². The fraction of sp³-hybridized carbons (Fsp3) is 0.529. The molecule has 2 heteroatoms. The Bertz CT molecular complexity index is 542. The van der Waals surface area contributed by atoms with E-state index in [1.54, 1.807) is 0 Å². The van der Waals surface area contributed by atoms with Crippen LogP contribution in [0.15, 0.2) is 18.3 Å². The zero-order valence-electron chi connectivity index (χ0n) is 13.3. The average Bonchev–Trinajstić information content (AvgIpc) is 2.40. The zero-order valence-corrected chi connectivity index (χ0v) is 13.3. The van der Waals surface area contributed by atoms with Crippen LogP contribution in [0.2, 0.25) is 0 Å². The molecule has 19 heavy (non-hydrogen) atoms. The van der Waals surface area contributed by atoms with Crippen molar-refractivity contribution in [3.63, 3.8) is 0 Å². The Labute approximate surface area is 117 Å². The van der Waals surface area contributed by atoms with Crippen LogP contribution in [-0.4, -0.2) is 9.97 Å². The summed E-state index contributed by atoms with van der Waals surface area (Å²) in [6, 6.07) is 4.28. The Morgan fingerprint density at radius 2 is 1.58 bits per heavy atom. The third-order valence-corrected chi connectivity index (χ3v) is 3.24. The molecule has 0 N–H and O–H groups in total. The number of rotatable bonds is 2. The third kappa shape index (κ3) is 3.31. The molecule has 0 saturated carbocycles. The van der Waals surface area contributed by atoms with E-state index < -0.39 is 0 Å². The van der Waals surface area contributed by atoms with Crippen LogP contribution in [0, 0.1) is 6.92 Å². The van der Waals surface area contributed by atoms with Gasteiger partial charge < -0.3 is 0 Å². The molecular formula is C17H26N2. The van der Waals surface area contributed by atoms with Crippen molar-refractivity contribution in [3.8, 4) is 0 Å². The molecule has 2 aromatic rings. The van der Waals surface area contributed by atoms with Crippen molar-refractivity contribution in [1.29, 1.82) is 0 Å². The Balaban J connectivity index is 0.000000861. The van der Waals surface area contributed by atoms with Gasteiger partial charge in [0.2, 0.25) is 0 Å². The maximum atomic E-state index is 4.67. The third-order valence-electron chi connectivity index (χ3n) is 3.24. The summed E-state index contributed by atoms with van der Waals surface area (Å²) in [5.41, 5.74) is 5.75. The molecule has 1 aromatic carbocycles. The first kappa shape index (κ1) is 15.6. The SMILES string of the molecule is CC.Cc1c(C(C)C)ccc2nc(C(C)C)cnc12. The number of aromatic nitrogens is 2. The first-order valence-electron chi connectivity index (χ1n) is 7.27. The molecule has 0 aliphatic carbocycles. The predicted octanol–water partition coefficient (Wildman–Crippen LogP) is 5.21. The van der Waals surface area contributed by atoms with Gasteiger partial charge in [-0.2, -0.15) is 0 Å². The molecule has 1 aromatic heterocycles. The number of aryl methyl sites for hydroxylation is 1. The lowest BCUT2D eigenvalue weighted by Crippen LogP contribution is -1.99. The van der Waals surface area contributed by atoms with E-state index in [1.807, 2.05) is 20.0 Å². The first-order valence-corrected chi connectivity index (χ1v) is 7.27. The minimum absolute atomic E-state index is 0.428. The van der Waals surface area contributed by atoms with Gasteiger partial charge in [-0.15, -0.1) is 0 Å². The lowest BCUT2D eigenvalue weighted by molar-refractivity contribution is 0.820. The van der Waals surface area contributed by atoms with E-state index in [2.05, 4.69) is 56.7 Å². The number of hydrogen-bond donors (Lipinski definition) is 0. The number of fused-ring (bicyclic) bond motifs is 1. The zero-order chi connectivity index (χ0) is 14.6. The highest BCUT2D eigenvalue weighted by atomic mass is 14.8. The highest BCUT2D eigenvalue weighted by Gasteiger charge is 2.10. The maximum absolute atomic E-state index is 4.67. The van der Waals surface area contributed by atoms with Crippen LogP contribution in [0.4, 0.5) is 0 Å². The molecular weight excluding hydrogens is 232 g/mol. The summed E-state index contributed by atoms with van der Waals surface area (Å²) in [6.07, 6.45) is 1.91. The summed E-state index contributed by atoms with van der Waals surface area (Å²) in [5.74, 6) is 0.961. The summed E-state index contributed by atoms with van der Waals surface area (Å²) < 4.78 is 0. The number of benzene rings is 1. The summed E-state index contributed by atoms with van der Waals surface area (Å²) in [6.45, 7) is 14.9. The molecule has 0 amide bonds. The van der Waals surface area contributed by atoms with Crippen molar-refractivity contribution in [1.82, 2.24) is 9.97 Å². The topological polar surface area (TPSA) is 25.8 Å². The average molecular weight is 258 g/mol. The first-order chi connectivity index (χ1) is 9.00. The van der Waals surface area contributed by atoms with E-state index in [-0.39, 0.29) is 0 Å². The van der Waals surface area contributed by atoms with E-state index in [0.29, 0.717) is 11.8 Å². The van der Waals surface area contributed by atoms with Gasteiger partial charge in [-0.3, -0.25) is 4.98 Å². The standard InChI is InChI=1S/C15H20N2.C2H6/c1-9(2)12-6-7-13-15(11(12)5)16-8-14(17-13)10(3)4;1-2/h6-10H,1-5H3;1-2H3. The molecule has 2 nitrogen and oxygen atoms in total. The number of nitrogens with zero attached hydrogens (tertiary/aromatic N) is 2. The van der Waals surface area contributed by atoms with Gasteiger partial charge in [-0.05, 0) is 36.0 Å². The molecule has 0 bridgehead atoms. The molecule has 0 spiro atoms. The van der Waals surface area contributed by atoms with Gasteiger partial charge in [0.25, 0.3) is 0 Å². The van der Waals surface area contributed by atoms with Crippen LogP contribution in [0.1, 0.15) is 70.2 Å². The normalized spacial score (nSPS) is 10.8. The lowest BCUT2D eigenvalue weighted by Gasteiger charge is -2.12. The van der Waals surface area contributed by atoms with Crippen molar-refractivity contribution in [2.45, 2.75) is 60.3 Å². The molecule has 0 aliphatic heterocycles. The van der Waals surface area contributed by atoms with Crippen molar-refractivity contribution in [2.75, 3.05) is 0 Å². The van der Waals surface area contributed by atoms with Crippen LogP contribution < -0.4 is 0 Å². The van der Waals surface area contributed by atoms with Crippen molar-refractivity contribution >= 4 is 11.0 Å². The predicted molar refractivity (Wildman–Crippen MR) is 83.8 cm³/mol. The summed E-state index contributed by atoms with van der Waals surface area (Å²) in [5, 5.41) is 0. The molecule has 0 fully saturated rings. The van der Waals surface area contributed by atoms with E-state index in [0.717, 1.165) is 16.7 Å². The molecule has 0 aliphatic rings. The second kappa shape index (κ2) is 6.65. The summed E-state index contributed by atoms with van der Waals surface area (Å²) >= 11 is 0. The van der Waals surface area contributed by atoms with Crippen LogP contribution >= 0.6 is 0 Å². The van der Waals surface area contributed by atoms with Crippen LogP contribution in [0.5, 0.6) is 0 Å². The van der Waals surface area contributed by atoms with Crippen molar-refractivity contribution < 1.29 is 0 Å². The quantitative estimate of drug-likeness (QED) is 0.738.